The van der Waals surface area contributed by atoms with Crippen LogP contribution in [0.15, 0.2) is 67.7 Å². The monoisotopic (exact) mass is 1290 g/mol. The number of halogens is 3. The zero-order valence-electron chi connectivity index (χ0n) is 56.1. The van der Waals surface area contributed by atoms with Crippen LogP contribution in [-0.4, -0.2) is 207 Å². The first-order valence-corrected chi connectivity index (χ1v) is 33.9. The maximum Gasteiger partial charge on any atom is 0.406 e. The average molecular weight is 1290 g/mol. The number of fused-ring (bicyclic) bond motifs is 1. The molecule has 0 bridgehead atoms. The Morgan fingerprint density at radius 2 is 1.49 bits per heavy atom. The number of rotatable bonds is 22. The van der Waals surface area contributed by atoms with Gasteiger partial charge in [0.1, 0.15) is 12.3 Å². The highest BCUT2D eigenvalue weighted by Crippen LogP contribution is 2.53. The number of nitrogens with zero attached hydrogens (tertiary/aromatic N) is 9. The SMILES string of the molecule is C=C(NC(C)C(=C)N1CCCCN1)C(C1CCCC1)N1CCC(CN(C)CC)C1.C=CC1C(C2CC2)N1C.CC(=O)CC(C)(C)Cc1c(-c2cc(N3C(O)(O)C(O)(O)N(C4CC4)C(O)(O)C3(O)O)cnc2C(C)C)n(CC(F)(F)F)c2ccc(N3CCCCC3)cc12. The van der Waals surface area contributed by atoms with Gasteiger partial charge in [0.2, 0.25) is 0 Å². The van der Waals surface area contributed by atoms with Crippen LogP contribution >= 0.6 is 0 Å². The first-order chi connectivity index (χ1) is 43.1. The van der Waals surface area contributed by atoms with Crippen LogP contribution in [0.4, 0.5) is 24.5 Å². The minimum Gasteiger partial charge on any atom is -0.379 e. The lowest BCUT2D eigenvalue weighted by atomic mass is 9.80. The van der Waals surface area contributed by atoms with E-state index in [0.29, 0.717) is 17.0 Å². The first-order valence-electron chi connectivity index (χ1n) is 33.9. The molecular weight excluding hydrogens is 1180 g/mol. The van der Waals surface area contributed by atoms with Crippen molar-refractivity contribution in [2.24, 2.45) is 23.2 Å². The highest BCUT2D eigenvalue weighted by atomic mass is 19.4. The number of hydrogen-bond acceptors (Lipinski definition) is 19. The smallest absolute Gasteiger partial charge is 0.379 e. The summed E-state index contributed by atoms with van der Waals surface area (Å²) in [5.74, 6) is -14.1. The molecule has 5 saturated heterocycles. The third-order valence-electron chi connectivity index (χ3n) is 20.6. The van der Waals surface area contributed by atoms with Crippen molar-refractivity contribution < 1.29 is 58.8 Å². The summed E-state index contributed by atoms with van der Waals surface area (Å²) in [5.41, 5.74) is 5.91. The molecule has 92 heavy (non-hydrogen) atoms. The van der Waals surface area contributed by atoms with Gasteiger partial charge in [-0.25, -0.2) is 5.43 Å². The van der Waals surface area contributed by atoms with Gasteiger partial charge in [0.05, 0.1) is 35.4 Å². The number of piperidine rings is 1. The minimum atomic E-state index is -4.75. The van der Waals surface area contributed by atoms with Crippen LogP contribution in [0.25, 0.3) is 22.2 Å². The summed E-state index contributed by atoms with van der Waals surface area (Å²) in [5, 5.41) is 96.0. The number of carbonyl (C=O) groups excluding carboxylic acids is 1. The summed E-state index contributed by atoms with van der Waals surface area (Å²) in [6.07, 6.45) is 13.7. The Kier molecular flexibility index (Phi) is 21.9. The predicted octanol–water partition coefficient (Wildman–Crippen LogP) is 7.45. The molecule has 8 aliphatic rings. The van der Waals surface area contributed by atoms with Gasteiger partial charge in [-0.3, -0.25) is 19.7 Å². The molecule has 11 rings (SSSR count). The highest BCUT2D eigenvalue weighted by Gasteiger charge is 2.79. The Balaban J connectivity index is 0.000000217. The van der Waals surface area contributed by atoms with E-state index in [1.165, 1.54) is 90.0 Å². The van der Waals surface area contributed by atoms with Gasteiger partial charge in [-0.1, -0.05) is 66.7 Å². The lowest BCUT2D eigenvalue weighted by Gasteiger charge is -2.61. The van der Waals surface area contributed by atoms with E-state index in [1.54, 1.807) is 26.0 Å². The Labute approximate surface area is 543 Å². The fourth-order valence-corrected chi connectivity index (χ4v) is 15.6. The van der Waals surface area contributed by atoms with Crippen molar-refractivity contribution in [3.63, 3.8) is 0 Å². The van der Waals surface area contributed by atoms with Gasteiger partial charge in [-0.15, -0.1) is 6.58 Å². The molecule has 0 spiro atoms. The molecule has 7 heterocycles. The topological polar surface area (TPSA) is 243 Å². The van der Waals surface area contributed by atoms with Gasteiger partial charge in [0.15, 0.2) is 0 Å². The van der Waals surface area contributed by atoms with E-state index >= 15 is 0 Å². The fraction of sp³-hybridized carbons (Fsp3) is 0.710. The molecule has 10 N–H and O–H groups in total. The number of likely N-dealkylation sites (N-methyl/N-ethyl adjacent to an activating group) is 1. The number of pyridine rings is 1. The Bertz CT molecular complexity index is 3040. The van der Waals surface area contributed by atoms with Gasteiger partial charge in [-0.2, -0.15) is 18.1 Å². The van der Waals surface area contributed by atoms with Gasteiger partial charge in [0.25, 0.3) is 0 Å². The summed E-state index contributed by atoms with van der Waals surface area (Å²) in [6, 6.07) is 7.43. The van der Waals surface area contributed by atoms with Gasteiger partial charge < -0.3 is 70.3 Å². The van der Waals surface area contributed by atoms with E-state index in [2.05, 4.69) is 94.1 Å². The first kappa shape index (κ1) is 71.6. The standard InChI is InChI=1S/C37H50F3N5O9.C24H45N5.C8H13N/c1-21(2)30-27(16-25(19-41-30)45-36(51,52)34(47,48)44(23-9-10-23)35(49,50)37(45,53)54)31-28(18-32(4,5)17-22(3)46)26-15-24(42-13-7-6-8-14-42)11-12-29(26)43(31)20-33(38,39)40;1-6-27(5)17-22-13-16-28(18-22)24(23-11-7-8-12-23)20(3)26-19(2)21(4)29-15-10-9-14-25-29;1-3-7-8(9(7)2)6-4-5-6/h11-12,15-16,19,21,23,47-54H,6-10,13-14,17-18,20H2,1-5H3;19,22-26H,3-4,6-18H2,1-2,5H3;3,6-8H,1,4-5H2,2H3. The molecule has 1 aromatic carbocycles. The number of alkyl halides is 3. The van der Waals surface area contributed by atoms with Crippen LogP contribution in [0.1, 0.15) is 162 Å². The normalized spacial score (nSPS) is 25.7. The van der Waals surface area contributed by atoms with E-state index in [1.807, 2.05) is 19.9 Å². The van der Waals surface area contributed by atoms with Crippen molar-refractivity contribution in [2.75, 3.05) is 76.3 Å². The van der Waals surface area contributed by atoms with Crippen molar-refractivity contribution in [3.8, 4) is 11.3 Å². The highest BCUT2D eigenvalue weighted by molar-refractivity contribution is 5.95. The molecule has 20 nitrogen and oxygen atoms in total. The summed E-state index contributed by atoms with van der Waals surface area (Å²) >= 11 is 0. The Hall–Kier alpha value is -4.73. The number of piperazine rings is 1. The minimum absolute atomic E-state index is 0.00843. The van der Waals surface area contributed by atoms with Crippen molar-refractivity contribution in [1.29, 1.82) is 0 Å². The number of aliphatic hydroxyl groups is 8. The molecule has 8 fully saturated rings. The third kappa shape index (κ3) is 15.4. The van der Waals surface area contributed by atoms with E-state index < -0.39 is 59.4 Å². The van der Waals surface area contributed by atoms with Gasteiger partial charge in [-0.05, 0) is 183 Å². The number of anilines is 2. The molecule has 6 atom stereocenters. The summed E-state index contributed by atoms with van der Waals surface area (Å²) in [7, 11) is 4.44. The van der Waals surface area contributed by atoms with E-state index in [4.69, 9.17) is 0 Å². The Morgan fingerprint density at radius 3 is 2.03 bits per heavy atom. The number of hydrogen-bond donors (Lipinski definition) is 10. The molecule has 6 unspecified atom stereocenters. The van der Waals surface area contributed by atoms with E-state index in [0.717, 1.165) is 110 Å². The summed E-state index contributed by atoms with van der Waals surface area (Å²) in [6.45, 7) is 32.7. The number of likely N-dealkylation sites (tertiary alicyclic amines) is 1. The van der Waals surface area contributed by atoms with Crippen LogP contribution in [0.5, 0.6) is 0 Å². The average Bonchev–Trinajstić information content (AvgIpc) is 1.06. The predicted molar refractivity (Wildman–Crippen MR) is 352 cm³/mol. The summed E-state index contributed by atoms with van der Waals surface area (Å²) in [4.78, 5) is 26.3. The summed E-state index contributed by atoms with van der Waals surface area (Å²) < 4.78 is 44.9. The van der Waals surface area contributed by atoms with Crippen molar-refractivity contribution >= 4 is 28.1 Å². The fourth-order valence-electron chi connectivity index (χ4n) is 15.6. The maximum atomic E-state index is 14.6. The number of nitrogens with one attached hydrogen (secondary N) is 2. The largest absolute Gasteiger partial charge is 0.406 e. The zero-order chi connectivity index (χ0) is 67.2. The number of aromatic nitrogens is 2. The lowest BCUT2D eigenvalue weighted by Crippen LogP contribution is -2.91. The Morgan fingerprint density at radius 1 is 0.848 bits per heavy atom. The van der Waals surface area contributed by atoms with Crippen LogP contribution in [0, 0.1) is 23.2 Å². The van der Waals surface area contributed by atoms with Crippen LogP contribution in [0.2, 0.25) is 0 Å². The van der Waals surface area contributed by atoms with Crippen LogP contribution < -0.4 is 20.5 Å². The number of carbonyl (C=O) groups is 1. The second-order valence-electron chi connectivity index (χ2n) is 29.1. The van der Waals surface area contributed by atoms with E-state index in [-0.39, 0.29) is 69.8 Å². The molecule has 0 amide bonds. The van der Waals surface area contributed by atoms with Crippen molar-refractivity contribution in [1.82, 2.24) is 44.9 Å². The number of ketones is 1. The number of Topliss-reactive ketones (excluding diaryl/α,β-unsaturated/α-hetero) is 1. The van der Waals surface area contributed by atoms with Crippen LogP contribution in [-0.2, 0) is 17.8 Å². The quantitative estimate of drug-likeness (QED) is 0.0267. The molecule has 3 aromatic rings. The molecule has 0 radical (unpaired) electrons. The second kappa shape index (κ2) is 28.2. The van der Waals surface area contributed by atoms with Gasteiger partial charge in [0, 0.05) is 97.4 Å². The van der Waals surface area contributed by atoms with E-state index in [9.17, 15) is 58.8 Å². The molecule has 514 valence electrons. The molecule has 3 saturated carbocycles. The molecule has 2 aromatic heterocycles. The number of benzene rings is 1. The van der Waals surface area contributed by atoms with Crippen molar-refractivity contribution in [2.45, 2.75) is 224 Å². The molecular formula is C69H108F3N11O9. The third-order valence-corrected chi connectivity index (χ3v) is 20.6. The molecule has 3 aliphatic carbocycles. The number of hydrazine groups is 1. The zero-order valence-corrected chi connectivity index (χ0v) is 56.1. The second-order valence-corrected chi connectivity index (χ2v) is 29.1. The van der Waals surface area contributed by atoms with Gasteiger partial charge >= 0.3 is 29.8 Å². The maximum absolute atomic E-state index is 14.6. The molecule has 5 aliphatic heterocycles. The lowest BCUT2D eigenvalue weighted by molar-refractivity contribution is -0.549. The van der Waals surface area contributed by atoms with Crippen molar-refractivity contribution in [3.05, 3.63) is 78.9 Å². The molecule has 23 heteroatoms. The van der Waals surface area contributed by atoms with Crippen LogP contribution in [0.3, 0.4) is 0 Å².